The van der Waals surface area contributed by atoms with E-state index in [1.54, 1.807) is 7.11 Å². The number of ether oxygens (including phenoxy) is 3. The molecule has 0 bridgehead atoms. The fourth-order valence-electron chi connectivity index (χ4n) is 7.70. The zero-order valence-corrected chi connectivity index (χ0v) is 22.0. The number of hydrogen-bond acceptors (Lipinski definition) is 5. The van der Waals surface area contributed by atoms with E-state index in [1.807, 2.05) is 6.07 Å². The van der Waals surface area contributed by atoms with Crippen LogP contribution in [0.2, 0.25) is 0 Å². The molecule has 0 aromatic heterocycles. The number of carbonyl (C=O) groups is 1. The number of methoxy groups -OCH3 is 1. The minimum absolute atomic E-state index is 0.281. The molecule has 198 valence electrons. The number of benzene rings is 1. The van der Waals surface area contributed by atoms with Crippen LogP contribution in [0, 0.1) is 17.3 Å². The molecule has 1 spiro atoms. The van der Waals surface area contributed by atoms with Crippen molar-refractivity contribution in [2.24, 2.45) is 17.3 Å². The summed E-state index contributed by atoms with van der Waals surface area (Å²) in [6.07, 6.45) is 14.6. The Hall–Kier alpha value is -1.79. The Morgan fingerprint density at radius 3 is 2.69 bits per heavy atom. The molecule has 1 aromatic carbocycles. The minimum Gasteiger partial charge on any atom is -0.454 e. The number of nitrogens with zero attached hydrogens (tertiary/aromatic N) is 1. The Kier molecular flexibility index (Phi) is 7.18. The number of rotatable bonds is 8. The van der Waals surface area contributed by atoms with E-state index in [4.69, 9.17) is 14.2 Å². The summed E-state index contributed by atoms with van der Waals surface area (Å²) in [6, 6.07) is 6.79. The van der Waals surface area contributed by atoms with Crippen LogP contribution in [0.25, 0.3) is 0 Å². The summed E-state index contributed by atoms with van der Waals surface area (Å²) >= 11 is 0. The largest absolute Gasteiger partial charge is 0.454 e. The molecule has 6 rings (SSSR count). The molecular weight excluding hydrogens is 452 g/mol. The molecule has 1 aromatic rings. The first-order valence-electron chi connectivity index (χ1n) is 14.5. The zero-order chi connectivity index (χ0) is 24.5. The molecule has 36 heavy (non-hydrogen) atoms. The third-order valence-electron chi connectivity index (χ3n) is 10.2. The highest BCUT2D eigenvalue weighted by Gasteiger charge is 2.55. The lowest BCUT2D eigenvalue weighted by atomic mass is 9.78. The molecule has 0 radical (unpaired) electrons. The van der Waals surface area contributed by atoms with E-state index in [0.29, 0.717) is 42.6 Å². The third-order valence-corrected chi connectivity index (χ3v) is 10.2. The number of likely N-dealkylation sites (tertiary alicyclic amines) is 1. The summed E-state index contributed by atoms with van der Waals surface area (Å²) in [7, 11) is 1.79. The maximum Gasteiger partial charge on any atom is 0.231 e. The smallest absolute Gasteiger partial charge is 0.231 e. The fraction of sp³-hybridized carbons (Fsp3) is 0.767. The Bertz CT molecular complexity index is 920. The van der Waals surface area contributed by atoms with E-state index in [9.17, 15) is 4.79 Å². The van der Waals surface area contributed by atoms with Gasteiger partial charge in [-0.05, 0) is 119 Å². The minimum atomic E-state index is 0.281. The van der Waals surface area contributed by atoms with Gasteiger partial charge in [-0.1, -0.05) is 12.1 Å². The summed E-state index contributed by atoms with van der Waals surface area (Å²) in [5.41, 5.74) is 1.77. The SMILES string of the molecule is CO[C@@H]1CC[C@@H](CC(=O)N[C@H]2CC23CCC(CCN2CCC(c4cccc5c4OCO5)CC2)CC3)C1. The van der Waals surface area contributed by atoms with Gasteiger partial charge < -0.3 is 24.4 Å². The van der Waals surface area contributed by atoms with Crippen LogP contribution < -0.4 is 14.8 Å². The van der Waals surface area contributed by atoms with Crippen molar-refractivity contribution >= 4 is 5.91 Å². The van der Waals surface area contributed by atoms with E-state index in [1.165, 1.54) is 76.6 Å². The maximum atomic E-state index is 12.6. The summed E-state index contributed by atoms with van der Waals surface area (Å²) in [4.78, 5) is 15.3. The number of amides is 1. The molecule has 1 saturated heterocycles. The Morgan fingerprint density at radius 2 is 1.92 bits per heavy atom. The van der Waals surface area contributed by atoms with Crippen molar-refractivity contribution in [1.29, 1.82) is 0 Å². The van der Waals surface area contributed by atoms with Crippen molar-refractivity contribution in [3.8, 4) is 11.5 Å². The molecule has 1 amide bonds. The van der Waals surface area contributed by atoms with E-state index in [2.05, 4.69) is 22.3 Å². The number of piperidine rings is 1. The van der Waals surface area contributed by atoms with Crippen molar-refractivity contribution in [1.82, 2.24) is 10.2 Å². The maximum absolute atomic E-state index is 12.6. The Morgan fingerprint density at radius 1 is 1.08 bits per heavy atom. The van der Waals surface area contributed by atoms with Gasteiger partial charge in [0.1, 0.15) is 0 Å². The second kappa shape index (κ2) is 10.5. The van der Waals surface area contributed by atoms with Gasteiger partial charge in [0, 0.05) is 25.1 Å². The second-order valence-electron chi connectivity index (χ2n) is 12.4. The van der Waals surface area contributed by atoms with Crippen LogP contribution >= 0.6 is 0 Å². The molecule has 6 heteroatoms. The average Bonchev–Trinajstić information content (AvgIpc) is 3.25. The summed E-state index contributed by atoms with van der Waals surface area (Å²) in [6.45, 7) is 3.97. The predicted molar refractivity (Wildman–Crippen MR) is 139 cm³/mol. The van der Waals surface area contributed by atoms with E-state index >= 15 is 0 Å². The van der Waals surface area contributed by atoms with Crippen molar-refractivity contribution in [2.75, 3.05) is 33.5 Å². The van der Waals surface area contributed by atoms with E-state index in [-0.39, 0.29) is 5.91 Å². The van der Waals surface area contributed by atoms with Crippen LogP contribution in [0.1, 0.15) is 88.5 Å². The highest BCUT2D eigenvalue weighted by molar-refractivity contribution is 5.77. The van der Waals surface area contributed by atoms with Gasteiger partial charge in [0.2, 0.25) is 12.7 Å². The molecule has 6 nitrogen and oxygen atoms in total. The van der Waals surface area contributed by atoms with Crippen LogP contribution in [-0.4, -0.2) is 56.5 Å². The van der Waals surface area contributed by atoms with Crippen molar-refractivity contribution < 1.29 is 19.0 Å². The van der Waals surface area contributed by atoms with Crippen molar-refractivity contribution in [3.63, 3.8) is 0 Å². The second-order valence-corrected chi connectivity index (χ2v) is 12.4. The molecule has 1 N–H and O–H groups in total. The first-order chi connectivity index (χ1) is 17.6. The number of carbonyl (C=O) groups excluding carboxylic acids is 1. The standard InChI is InChI=1S/C30H44N2O4/c1-34-24-6-5-22(17-24)18-28(33)31-27-19-30(27)12-7-21(8-13-30)9-14-32-15-10-23(11-16-32)25-3-2-4-26-29(25)36-20-35-26/h2-4,21-24,27H,5-20H2,1H3,(H,31,33)/t21?,22-,24-,27+,30?/m1/s1. The lowest BCUT2D eigenvalue weighted by Gasteiger charge is -2.35. The Labute approximate surface area is 216 Å². The molecule has 3 saturated carbocycles. The summed E-state index contributed by atoms with van der Waals surface area (Å²) in [5, 5.41) is 3.40. The van der Waals surface area contributed by atoms with Crippen LogP contribution in [-0.2, 0) is 9.53 Å². The Balaban J connectivity index is 0.882. The highest BCUT2D eigenvalue weighted by atomic mass is 16.7. The number of fused-ring (bicyclic) bond motifs is 1. The van der Waals surface area contributed by atoms with Gasteiger partial charge in [0.05, 0.1) is 6.10 Å². The van der Waals surface area contributed by atoms with Crippen LogP contribution in [0.15, 0.2) is 18.2 Å². The third kappa shape index (κ3) is 5.26. The van der Waals surface area contributed by atoms with Gasteiger partial charge in [-0.3, -0.25) is 4.79 Å². The van der Waals surface area contributed by atoms with Gasteiger partial charge in [-0.2, -0.15) is 0 Å². The lowest BCUT2D eigenvalue weighted by Crippen LogP contribution is -2.35. The van der Waals surface area contributed by atoms with E-state index in [0.717, 1.165) is 36.7 Å². The van der Waals surface area contributed by atoms with Gasteiger partial charge in [-0.25, -0.2) is 0 Å². The molecular formula is C30H44N2O4. The normalized spacial score (nSPS) is 34.2. The molecule has 5 aliphatic rings. The lowest BCUT2D eigenvalue weighted by molar-refractivity contribution is -0.122. The summed E-state index contributed by atoms with van der Waals surface area (Å²) in [5.74, 6) is 4.14. The number of para-hydroxylation sites is 1. The van der Waals surface area contributed by atoms with Gasteiger partial charge in [-0.15, -0.1) is 0 Å². The van der Waals surface area contributed by atoms with Gasteiger partial charge in [0.15, 0.2) is 11.5 Å². The molecule has 0 unspecified atom stereocenters. The quantitative estimate of drug-likeness (QED) is 0.532. The zero-order valence-electron chi connectivity index (χ0n) is 22.0. The fourth-order valence-corrected chi connectivity index (χ4v) is 7.70. The van der Waals surface area contributed by atoms with Crippen LogP contribution in [0.3, 0.4) is 0 Å². The summed E-state index contributed by atoms with van der Waals surface area (Å²) < 4.78 is 16.8. The van der Waals surface area contributed by atoms with Gasteiger partial charge >= 0.3 is 0 Å². The van der Waals surface area contributed by atoms with Crippen molar-refractivity contribution in [3.05, 3.63) is 23.8 Å². The monoisotopic (exact) mass is 496 g/mol. The predicted octanol–water partition coefficient (Wildman–Crippen LogP) is 5.26. The molecule has 3 aliphatic carbocycles. The topological polar surface area (TPSA) is 60.0 Å². The first kappa shape index (κ1) is 24.5. The molecule has 3 atom stereocenters. The van der Waals surface area contributed by atoms with Gasteiger partial charge in [0.25, 0.3) is 0 Å². The highest BCUT2D eigenvalue weighted by Crippen LogP contribution is 2.57. The first-order valence-corrected chi connectivity index (χ1v) is 14.5. The molecule has 2 aliphatic heterocycles. The molecule has 2 heterocycles. The van der Waals surface area contributed by atoms with Crippen LogP contribution in [0.5, 0.6) is 11.5 Å². The number of hydrogen-bond donors (Lipinski definition) is 1. The van der Waals surface area contributed by atoms with Crippen LogP contribution in [0.4, 0.5) is 0 Å². The van der Waals surface area contributed by atoms with Crippen molar-refractivity contribution in [2.45, 2.75) is 95.1 Å². The molecule has 4 fully saturated rings. The number of nitrogens with one attached hydrogen (secondary N) is 1. The van der Waals surface area contributed by atoms with E-state index < -0.39 is 0 Å². The average molecular weight is 497 g/mol.